The minimum atomic E-state index is -1.01. The van der Waals surface area contributed by atoms with Gasteiger partial charge in [-0.1, -0.05) is 37.6 Å². The fraction of sp³-hybridized carbons (Fsp3) is 0.250. The SMILES string of the molecule is CCCCOC(=O)c1ccc(C(=O)O)c2ccccc12. The summed E-state index contributed by atoms with van der Waals surface area (Å²) in [5.74, 6) is -1.42. The number of aromatic carboxylic acids is 1. The van der Waals surface area contributed by atoms with Crippen molar-refractivity contribution in [2.45, 2.75) is 19.8 Å². The van der Waals surface area contributed by atoms with Crippen molar-refractivity contribution in [3.8, 4) is 0 Å². The molecule has 2 aromatic carbocycles. The summed E-state index contributed by atoms with van der Waals surface area (Å²) in [6, 6.07) is 9.92. The van der Waals surface area contributed by atoms with Gasteiger partial charge in [0.15, 0.2) is 0 Å². The first-order chi connectivity index (χ1) is 9.65. The van der Waals surface area contributed by atoms with Crippen molar-refractivity contribution >= 4 is 22.7 Å². The Morgan fingerprint density at radius 2 is 1.65 bits per heavy atom. The van der Waals surface area contributed by atoms with Crippen molar-refractivity contribution in [1.82, 2.24) is 0 Å². The number of carboxylic acids is 1. The van der Waals surface area contributed by atoms with E-state index < -0.39 is 11.9 Å². The molecule has 4 nitrogen and oxygen atoms in total. The molecule has 0 heterocycles. The largest absolute Gasteiger partial charge is 0.478 e. The molecule has 0 fully saturated rings. The molecule has 0 bridgehead atoms. The molecule has 0 aliphatic carbocycles. The zero-order valence-corrected chi connectivity index (χ0v) is 11.3. The van der Waals surface area contributed by atoms with Gasteiger partial charge in [0, 0.05) is 0 Å². The number of rotatable bonds is 5. The molecule has 0 aliphatic heterocycles. The van der Waals surface area contributed by atoms with Gasteiger partial charge in [-0.3, -0.25) is 0 Å². The maximum absolute atomic E-state index is 12.0. The second-order valence-electron chi connectivity index (χ2n) is 4.50. The quantitative estimate of drug-likeness (QED) is 0.668. The molecule has 0 unspecified atom stereocenters. The van der Waals surface area contributed by atoms with Crippen LogP contribution < -0.4 is 0 Å². The van der Waals surface area contributed by atoms with Crippen molar-refractivity contribution in [3.63, 3.8) is 0 Å². The van der Waals surface area contributed by atoms with Crippen molar-refractivity contribution < 1.29 is 19.4 Å². The van der Waals surface area contributed by atoms with Gasteiger partial charge in [-0.25, -0.2) is 9.59 Å². The van der Waals surface area contributed by atoms with Gasteiger partial charge in [-0.05, 0) is 29.3 Å². The molecule has 0 atom stereocenters. The normalized spacial score (nSPS) is 10.4. The van der Waals surface area contributed by atoms with Crippen LogP contribution >= 0.6 is 0 Å². The van der Waals surface area contributed by atoms with E-state index in [4.69, 9.17) is 9.84 Å². The lowest BCUT2D eigenvalue weighted by Crippen LogP contribution is -2.08. The van der Waals surface area contributed by atoms with E-state index in [1.54, 1.807) is 24.3 Å². The highest BCUT2D eigenvalue weighted by atomic mass is 16.5. The minimum Gasteiger partial charge on any atom is -0.478 e. The molecule has 0 radical (unpaired) electrons. The highest BCUT2D eigenvalue weighted by Gasteiger charge is 2.15. The number of hydrogen-bond acceptors (Lipinski definition) is 3. The number of hydrogen-bond donors (Lipinski definition) is 1. The lowest BCUT2D eigenvalue weighted by molar-refractivity contribution is 0.0501. The summed E-state index contributed by atoms with van der Waals surface area (Å²) in [4.78, 5) is 23.2. The smallest absolute Gasteiger partial charge is 0.338 e. The molecule has 0 spiro atoms. The Balaban J connectivity index is 2.43. The maximum atomic E-state index is 12.0. The van der Waals surface area contributed by atoms with Gasteiger partial charge in [-0.15, -0.1) is 0 Å². The zero-order chi connectivity index (χ0) is 14.5. The van der Waals surface area contributed by atoms with Crippen LogP contribution in [-0.2, 0) is 4.74 Å². The Labute approximate surface area is 117 Å². The van der Waals surface area contributed by atoms with Gasteiger partial charge in [0.2, 0.25) is 0 Å². The van der Waals surface area contributed by atoms with Gasteiger partial charge in [0.25, 0.3) is 0 Å². The Hall–Kier alpha value is -2.36. The second-order valence-corrected chi connectivity index (χ2v) is 4.50. The number of carboxylic acid groups (broad SMARTS) is 1. The van der Waals surface area contributed by atoms with Crippen molar-refractivity contribution in [3.05, 3.63) is 47.5 Å². The molecule has 1 N–H and O–H groups in total. The molecule has 0 aromatic heterocycles. The highest BCUT2D eigenvalue weighted by Crippen LogP contribution is 2.23. The average molecular weight is 272 g/mol. The number of ether oxygens (including phenoxy) is 1. The Kier molecular flexibility index (Phi) is 4.35. The molecule has 0 saturated heterocycles. The second kappa shape index (κ2) is 6.19. The number of carbonyl (C=O) groups excluding carboxylic acids is 1. The topological polar surface area (TPSA) is 63.6 Å². The number of esters is 1. The van der Waals surface area contributed by atoms with E-state index in [1.165, 1.54) is 12.1 Å². The molecule has 0 amide bonds. The predicted octanol–water partition coefficient (Wildman–Crippen LogP) is 3.49. The first-order valence-electron chi connectivity index (χ1n) is 6.57. The first kappa shape index (κ1) is 14.1. The van der Waals surface area contributed by atoms with Gasteiger partial charge in [-0.2, -0.15) is 0 Å². The van der Waals surface area contributed by atoms with Gasteiger partial charge < -0.3 is 9.84 Å². The summed E-state index contributed by atoms with van der Waals surface area (Å²) in [6.07, 6.45) is 1.77. The van der Waals surface area contributed by atoms with Gasteiger partial charge in [0.05, 0.1) is 17.7 Å². The number of unbranched alkanes of at least 4 members (excludes halogenated alkanes) is 1. The van der Waals surface area contributed by atoms with E-state index in [1.807, 2.05) is 6.92 Å². The fourth-order valence-electron chi connectivity index (χ4n) is 2.05. The van der Waals surface area contributed by atoms with Crippen LogP contribution in [0.15, 0.2) is 36.4 Å². The number of benzene rings is 2. The van der Waals surface area contributed by atoms with Gasteiger partial charge in [0.1, 0.15) is 0 Å². The Morgan fingerprint density at radius 1 is 1.05 bits per heavy atom. The molecule has 4 heteroatoms. The van der Waals surface area contributed by atoms with Crippen LogP contribution in [0, 0.1) is 0 Å². The maximum Gasteiger partial charge on any atom is 0.338 e. The van der Waals surface area contributed by atoms with Crippen LogP contribution in [0.25, 0.3) is 10.8 Å². The molecule has 2 rings (SSSR count). The fourth-order valence-corrected chi connectivity index (χ4v) is 2.05. The van der Waals surface area contributed by atoms with E-state index in [0.29, 0.717) is 22.9 Å². The third-order valence-electron chi connectivity index (χ3n) is 3.11. The van der Waals surface area contributed by atoms with Crippen LogP contribution in [0.5, 0.6) is 0 Å². The standard InChI is InChI=1S/C16H16O4/c1-2-3-10-20-16(19)14-9-8-13(15(17)18)11-6-4-5-7-12(11)14/h4-9H,2-3,10H2,1H3,(H,17,18). The molecule has 0 aliphatic rings. The van der Waals surface area contributed by atoms with Crippen LogP contribution in [0.3, 0.4) is 0 Å². The number of fused-ring (bicyclic) bond motifs is 1. The van der Waals surface area contributed by atoms with Crippen molar-refractivity contribution in [2.24, 2.45) is 0 Å². The summed E-state index contributed by atoms with van der Waals surface area (Å²) in [6.45, 7) is 2.40. The predicted molar refractivity (Wildman–Crippen MR) is 76.1 cm³/mol. The molecule has 20 heavy (non-hydrogen) atoms. The van der Waals surface area contributed by atoms with Crippen LogP contribution in [0.4, 0.5) is 0 Å². The third kappa shape index (κ3) is 2.79. The van der Waals surface area contributed by atoms with E-state index in [2.05, 4.69) is 0 Å². The van der Waals surface area contributed by atoms with Crippen LogP contribution in [0.1, 0.15) is 40.5 Å². The molecular formula is C16H16O4. The summed E-state index contributed by atoms with van der Waals surface area (Å²) in [7, 11) is 0. The molecular weight excluding hydrogens is 256 g/mol. The minimum absolute atomic E-state index is 0.186. The highest BCUT2D eigenvalue weighted by molar-refractivity contribution is 6.11. The van der Waals surface area contributed by atoms with Crippen LogP contribution in [0.2, 0.25) is 0 Å². The monoisotopic (exact) mass is 272 g/mol. The summed E-state index contributed by atoms with van der Waals surface area (Å²) < 4.78 is 5.19. The van der Waals surface area contributed by atoms with E-state index >= 15 is 0 Å². The Morgan fingerprint density at radius 3 is 2.25 bits per heavy atom. The van der Waals surface area contributed by atoms with E-state index in [0.717, 1.165) is 12.8 Å². The lowest BCUT2D eigenvalue weighted by Gasteiger charge is -2.09. The van der Waals surface area contributed by atoms with Crippen molar-refractivity contribution in [2.75, 3.05) is 6.61 Å². The van der Waals surface area contributed by atoms with E-state index in [9.17, 15) is 9.59 Å². The zero-order valence-electron chi connectivity index (χ0n) is 11.3. The van der Waals surface area contributed by atoms with Crippen LogP contribution in [-0.4, -0.2) is 23.7 Å². The average Bonchev–Trinajstić information content (AvgIpc) is 2.46. The lowest BCUT2D eigenvalue weighted by atomic mass is 9.99. The Bertz CT molecular complexity index is 646. The van der Waals surface area contributed by atoms with Gasteiger partial charge >= 0.3 is 11.9 Å². The van der Waals surface area contributed by atoms with E-state index in [-0.39, 0.29) is 5.56 Å². The molecule has 104 valence electrons. The third-order valence-corrected chi connectivity index (χ3v) is 3.11. The summed E-state index contributed by atoms with van der Waals surface area (Å²) in [5, 5.41) is 10.3. The summed E-state index contributed by atoms with van der Waals surface area (Å²) >= 11 is 0. The molecule has 2 aromatic rings. The van der Waals surface area contributed by atoms with Crippen molar-refractivity contribution in [1.29, 1.82) is 0 Å². The number of carbonyl (C=O) groups is 2. The first-order valence-corrected chi connectivity index (χ1v) is 6.57. The summed E-state index contributed by atoms with van der Waals surface area (Å²) in [5.41, 5.74) is 0.590. The molecule has 0 saturated carbocycles.